The van der Waals surface area contributed by atoms with E-state index in [0.29, 0.717) is 0 Å². The number of carbonyl (C=O) groups excluding carboxylic acids is 3. The molecule has 0 aliphatic heterocycles. The van der Waals surface area contributed by atoms with E-state index in [4.69, 9.17) is 18.9 Å². The van der Waals surface area contributed by atoms with Crippen molar-refractivity contribution >= 4 is 33.6 Å². The van der Waals surface area contributed by atoms with Gasteiger partial charge in [0.25, 0.3) is 15.9 Å². The molecule has 232 valence electrons. The number of hydrogen-bond donors (Lipinski definition) is 1. The van der Waals surface area contributed by atoms with E-state index in [0.717, 1.165) is 9.87 Å². The highest BCUT2D eigenvalue weighted by atomic mass is 32.2. The zero-order valence-corrected chi connectivity index (χ0v) is 26.6. The van der Waals surface area contributed by atoms with Gasteiger partial charge in [-0.15, -0.1) is 0 Å². The second kappa shape index (κ2) is 14.0. The highest BCUT2D eigenvalue weighted by Crippen LogP contribution is 2.29. The molecule has 0 aliphatic rings. The monoisotopic (exact) mass is 606 g/mol. The predicted molar refractivity (Wildman–Crippen MR) is 158 cm³/mol. The topological polar surface area (TPSA) is 138 Å². The molecule has 0 aliphatic carbocycles. The average Bonchev–Trinajstić information content (AvgIpc) is 2.87. The number of amides is 1. The molecule has 0 saturated heterocycles. The van der Waals surface area contributed by atoms with E-state index in [2.05, 4.69) is 5.32 Å². The number of carbonyl (C=O) groups is 3. The summed E-state index contributed by atoms with van der Waals surface area (Å²) >= 11 is 0. The van der Waals surface area contributed by atoms with E-state index in [1.807, 2.05) is 6.92 Å². The Bertz CT molecular complexity index is 1360. The fourth-order valence-corrected chi connectivity index (χ4v) is 4.84. The summed E-state index contributed by atoms with van der Waals surface area (Å²) in [6.07, 6.45) is -0.214. The number of nitrogens with one attached hydrogen (secondary N) is 1. The second-order valence-electron chi connectivity index (χ2n) is 11.7. The van der Waals surface area contributed by atoms with Gasteiger partial charge in [-0.3, -0.25) is 13.9 Å². The molecule has 1 amide bonds. The molecule has 0 saturated carbocycles. The Morgan fingerprint density at radius 1 is 0.929 bits per heavy atom. The number of anilines is 1. The highest BCUT2D eigenvalue weighted by Gasteiger charge is 2.30. The Balaban J connectivity index is 2.37. The predicted octanol–water partition coefficient (Wildman–Crippen LogP) is 4.36. The summed E-state index contributed by atoms with van der Waals surface area (Å²) < 4.78 is 48.9. The van der Waals surface area contributed by atoms with Crippen LogP contribution in [0.5, 0.6) is 5.75 Å². The highest BCUT2D eigenvalue weighted by molar-refractivity contribution is 7.92. The molecule has 0 fully saturated rings. The van der Waals surface area contributed by atoms with Gasteiger partial charge in [-0.1, -0.05) is 17.7 Å². The molecule has 0 aromatic heterocycles. The Morgan fingerprint density at radius 2 is 1.52 bits per heavy atom. The molecule has 2 aromatic rings. The molecule has 2 aromatic carbocycles. The third kappa shape index (κ3) is 10.3. The molecule has 0 unspecified atom stereocenters. The summed E-state index contributed by atoms with van der Waals surface area (Å²) in [5.74, 6) is -1.93. The first kappa shape index (κ1) is 34.6. The molecular formula is C30H42N2O9S. The van der Waals surface area contributed by atoms with Gasteiger partial charge in [0.1, 0.15) is 23.0 Å². The standard InChI is InChI=1S/C30H42N2O9S/c1-20-10-13-22(14-11-20)42(36,37)32(8)21-12-15-23(25(18-21)39-19-38-9)27(34)31-24(28(35)41-30(5,6)7)16-17-26(33)40-29(2,3)4/h10-15,18,24H,16-17,19H2,1-9H3,(H,31,34)/t24-/m0/s1. The van der Waals surface area contributed by atoms with E-state index in [9.17, 15) is 22.8 Å². The summed E-state index contributed by atoms with van der Waals surface area (Å²) in [5.41, 5.74) is -0.391. The van der Waals surface area contributed by atoms with Gasteiger partial charge in [0.05, 0.1) is 16.1 Å². The van der Waals surface area contributed by atoms with Gasteiger partial charge in [0.15, 0.2) is 6.79 Å². The first-order valence-electron chi connectivity index (χ1n) is 13.4. The Hall–Kier alpha value is -3.64. The second-order valence-corrected chi connectivity index (χ2v) is 13.7. The smallest absolute Gasteiger partial charge is 0.329 e. The van der Waals surface area contributed by atoms with E-state index < -0.39 is 45.1 Å². The number of methoxy groups -OCH3 is 1. The third-order valence-electron chi connectivity index (χ3n) is 5.64. The van der Waals surface area contributed by atoms with Gasteiger partial charge < -0.3 is 24.3 Å². The number of benzene rings is 2. The van der Waals surface area contributed by atoms with Crippen LogP contribution in [-0.2, 0) is 33.8 Å². The lowest BCUT2D eigenvalue weighted by Gasteiger charge is -2.25. The summed E-state index contributed by atoms with van der Waals surface area (Å²) in [4.78, 5) is 38.8. The summed E-state index contributed by atoms with van der Waals surface area (Å²) in [6.45, 7) is 11.9. The minimum absolute atomic E-state index is 0.0164. The number of esters is 2. The summed E-state index contributed by atoms with van der Waals surface area (Å²) in [6, 6.07) is 9.47. The van der Waals surface area contributed by atoms with Crippen molar-refractivity contribution in [2.75, 3.05) is 25.3 Å². The van der Waals surface area contributed by atoms with Crippen LogP contribution in [0, 0.1) is 6.92 Å². The van der Waals surface area contributed by atoms with Crippen LogP contribution in [0.1, 0.15) is 70.3 Å². The molecule has 42 heavy (non-hydrogen) atoms. The van der Waals surface area contributed by atoms with Crippen LogP contribution >= 0.6 is 0 Å². The van der Waals surface area contributed by atoms with Crippen molar-refractivity contribution in [2.24, 2.45) is 0 Å². The molecule has 12 heteroatoms. The molecule has 1 atom stereocenters. The fraction of sp³-hybridized carbons (Fsp3) is 0.500. The lowest BCUT2D eigenvalue weighted by Crippen LogP contribution is -2.44. The van der Waals surface area contributed by atoms with Crippen molar-refractivity contribution < 1.29 is 41.7 Å². The van der Waals surface area contributed by atoms with Crippen LogP contribution in [0.15, 0.2) is 47.4 Å². The molecule has 2 rings (SSSR count). The Morgan fingerprint density at radius 3 is 2.07 bits per heavy atom. The first-order valence-corrected chi connectivity index (χ1v) is 14.8. The van der Waals surface area contributed by atoms with E-state index in [1.54, 1.807) is 53.7 Å². The van der Waals surface area contributed by atoms with Crippen molar-refractivity contribution in [1.29, 1.82) is 0 Å². The minimum atomic E-state index is -3.91. The number of aryl methyl sites for hydroxylation is 1. The van der Waals surface area contributed by atoms with Gasteiger partial charge in [-0.05, 0) is 79.2 Å². The quantitative estimate of drug-likeness (QED) is 0.276. The lowest BCUT2D eigenvalue weighted by atomic mass is 10.1. The maximum atomic E-state index is 13.4. The van der Waals surface area contributed by atoms with Crippen molar-refractivity contribution in [2.45, 2.75) is 83.4 Å². The average molecular weight is 607 g/mol. The molecule has 0 spiro atoms. The SMILES string of the molecule is COCOc1cc(N(C)S(=O)(=O)c2ccc(C)cc2)ccc1C(=O)N[C@@H](CCC(=O)OC(C)(C)C)C(=O)OC(C)(C)C. The summed E-state index contributed by atoms with van der Waals surface area (Å²) in [5, 5.41) is 2.63. The van der Waals surface area contributed by atoms with E-state index >= 15 is 0 Å². The van der Waals surface area contributed by atoms with E-state index in [1.165, 1.54) is 44.5 Å². The van der Waals surface area contributed by atoms with Crippen LogP contribution in [0.3, 0.4) is 0 Å². The Kier molecular flexibility index (Phi) is 11.5. The molecule has 0 bridgehead atoms. The normalized spacial score (nSPS) is 12.7. The zero-order valence-electron chi connectivity index (χ0n) is 25.8. The number of ether oxygens (including phenoxy) is 4. The van der Waals surface area contributed by atoms with Crippen LogP contribution in [-0.4, -0.2) is 64.5 Å². The number of rotatable bonds is 12. The van der Waals surface area contributed by atoms with Gasteiger partial charge in [-0.2, -0.15) is 0 Å². The minimum Gasteiger partial charge on any atom is -0.467 e. The van der Waals surface area contributed by atoms with Crippen LogP contribution < -0.4 is 14.4 Å². The van der Waals surface area contributed by atoms with Crippen LogP contribution in [0.25, 0.3) is 0 Å². The van der Waals surface area contributed by atoms with Gasteiger partial charge in [0.2, 0.25) is 0 Å². The molecule has 0 radical (unpaired) electrons. The summed E-state index contributed by atoms with van der Waals surface area (Å²) in [7, 11) is -1.13. The van der Waals surface area contributed by atoms with Gasteiger partial charge in [0, 0.05) is 26.6 Å². The van der Waals surface area contributed by atoms with Crippen molar-refractivity contribution in [3.63, 3.8) is 0 Å². The number of nitrogens with zero attached hydrogens (tertiary/aromatic N) is 1. The molecule has 0 heterocycles. The lowest BCUT2D eigenvalue weighted by molar-refractivity contribution is -0.158. The maximum Gasteiger partial charge on any atom is 0.329 e. The van der Waals surface area contributed by atoms with Gasteiger partial charge >= 0.3 is 11.9 Å². The van der Waals surface area contributed by atoms with Crippen molar-refractivity contribution in [3.05, 3.63) is 53.6 Å². The van der Waals surface area contributed by atoms with E-state index in [-0.39, 0.29) is 41.5 Å². The van der Waals surface area contributed by atoms with Crippen LogP contribution in [0.4, 0.5) is 5.69 Å². The van der Waals surface area contributed by atoms with Crippen molar-refractivity contribution in [3.8, 4) is 5.75 Å². The number of hydrogen-bond acceptors (Lipinski definition) is 9. The first-order chi connectivity index (χ1) is 19.3. The van der Waals surface area contributed by atoms with Crippen molar-refractivity contribution in [1.82, 2.24) is 5.32 Å². The fourth-order valence-electron chi connectivity index (χ4n) is 3.66. The van der Waals surface area contributed by atoms with Gasteiger partial charge in [-0.25, -0.2) is 13.2 Å². The maximum absolute atomic E-state index is 13.4. The zero-order chi connectivity index (χ0) is 31.9. The third-order valence-corrected chi connectivity index (χ3v) is 7.44. The molecule has 11 nitrogen and oxygen atoms in total. The van der Waals surface area contributed by atoms with Crippen LogP contribution in [0.2, 0.25) is 0 Å². The molecular weight excluding hydrogens is 564 g/mol. The largest absolute Gasteiger partial charge is 0.467 e. The molecule has 1 N–H and O–H groups in total. The Labute approximate surface area is 248 Å². The number of sulfonamides is 1.